The highest BCUT2D eigenvalue weighted by Crippen LogP contribution is 2.35. The van der Waals surface area contributed by atoms with Crippen molar-refractivity contribution in [3.05, 3.63) is 77.4 Å². The first-order chi connectivity index (χ1) is 10.9. The van der Waals surface area contributed by atoms with E-state index in [1.54, 1.807) is 25.1 Å². The maximum atomic E-state index is 13.0. The summed E-state index contributed by atoms with van der Waals surface area (Å²) < 4.78 is 26.9. The molecule has 0 N–H and O–H groups in total. The third kappa shape index (κ3) is 2.68. The Bertz CT molecular complexity index is 868. The zero-order valence-electron chi connectivity index (χ0n) is 12.9. The van der Waals surface area contributed by atoms with Crippen molar-refractivity contribution in [2.24, 2.45) is 0 Å². The van der Waals surface area contributed by atoms with Gasteiger partial charge in [0.1, 0.15) is 0 Å². The SMILES string of the molecule is CC1=CC(c2ccccc2)N(S(=O)(=O)c2ccc(C)cc2)C1=O. The fourth-order valence-electron chi connectivity index (χ4n) is 2.64. The van der Waals surface area contributed by atoms with E-state index >= 15 is 0 Å². The molecule has 1 aliphatic heterocycles. The summed E-state index contributed by atoms with van der Waals surface area (Å²) in [5, 5.41) is 0. The van der Waals surface area contributed by atoms with E-state index in [9.17, 15) is 13.2 Å². The molecule has 0 radical (unpaired) electrons. The lowest BCUT2D eigenvalue weighted by Gasteiger charge is -2.24. The number of hydrogen-bond donors (Lipinski definition) is 0. The largest absolute Gasteiger partial charge is 0.268 e. The smallest absolute Gasteiger partial charge is 0.267 e. The van der Waals surface area contributed by atoms with Crippen molar-refractivity contribution in [3.8, 4) is 0 Å². The molecule has 2 aromatic rings. The van der Waals surface area contributed by atoms with Gasteiger partial charge in [0, 0.05) is 5.57 Å². The molecule has 1 amide bonds. The van der Waals surface area contributed by atoms with E-state index in [2.05, 4.69) is 0 Å². The van der Waals surface area contributed by atoms with Crippen LogP contribution in [0, 0.1) is 6.92 Å². The Hall–Kier alpha value is -2.40. The number of amides is 1. The minimum atomic E-state index is -3.90. The molecular formula is C18H17NO3S. The number of benzene rings is 2. The second-order valence-electron chi connectivity index (χ2n) is 5.62. The van der Waals surface area contributed by atoms with E-state index in [-0.39, 0.29) is 4.90 Å². The molecule has 0 saturated heterocycles. The molecule has 3 rings (SSSR count). The summed E-state index contributed by atoms with van der Waals surface area (Å²) in [4.78, 5) is 12.6. The van der Waals surface area contributed by atoms with Crippen LogP contribution in [0.4, 0.5) is 0 Å². The van der Waals surface area contributed by atoms with Crippen molar-refractivity contribution in [1.29, 1.82) is 0 Å². The van der Waals surface area contributed by atoms with Crippen molar-refractivity contribution < 1.29 is 13.2 Å². The van der Waals surface area contributed by atoms with Gasteiger partial charge in [-0.15, -0.1) is 0 Å². The standard InChI is InChI=1S/C18H17NO3S/c1-13-8-10-16(11-9-13)23(21,22)19-17(12-14(2)18(19)20)15-6-4-3-5-7-15/h3-12,17H,1-2H3. The van der Waals surface area contributed by atoms with Gasteiger partial charge in [-0.05, 0) is 37.6 Å². The molecule has 0 bridgehead atoms. The van der Waals surface area contributed by atoms with Crippen LogP contribution in [0.5, 0.6) is 0 Å². The molecule has 0 aromatic heterocycles. The quantitative estimate of drug-likeness (QED) is 0.870. The van der Waals surface area contributed by atoms with E-state index in [1.165, 1.54) is 12.1 Å². The van der Waals surface area contributed by atoms with Gasteiger partial charge in [-0.3, -0.25) is 4.79 Å². The van der Waals surface area contributed by atoms with Crippen LogP contribution in [0.15, 0.2) is 71.1 Å². The first-order valence-electron chi connectivity index (χ1n) is 7.30. The fourth-order valence-corrected chi connectivity index (χ4v) is 4.19. The number of carbonyl (C=O) groups is 1. The lowest BCUT2D eigenvalue weighted by Crippen LogP contribution is -2.35. The lowest BCUT2D eigenvalue weighted by molar-refractivity contribution is -0.122. The first-order valence-corrected chi connectivity index (χ1v) is 8.74. The molecular weight excluding hydrogens is 310 g/mol. The summed E-state index contributed by atoms with van der Waals surface area (Å²) in [6, 6.07) is 15.1. The van der Waals surface area contributed by atoms with E-state index in [0.717, 1.165) is 15.4 Å². The van der Waals surface area contributed by atoms with Crippen molar-refractivity contribution in [3.63, 3.8) is 0 Å². The second-order valence-corrected chi connectivity index (χ2v) is 7.44. The molecule has 1 unspecified atom stereocenters. The van der Waals surface area contributed by atoms with Gasteiger partial charge in [-0.2, -0.15) is 0 Å². The third-order valence-corrected chi connectivity index (χ3v) is 5.70. The normalized spacial score (nSPS) is 18.2. The molecule has 2 aromatic carbocycles. The zero-order chi connectivity index (χ0) is 16.6. The van der Waals surface area contributed by atoms with Gasteiger partial charge in [-0.1, -0.05) is 48.0 Å². The Labute approximate surface area is 136 Å². The summed E-state index contributed by atoms with van der Waals surface area (Å²) in [6.45, 7) is 3.53. The van der Waals surface area contributed by atoms with E-state index < -0.39 is 22.0 Å². The first kappa shape index (κ1) is 15.5. The topological polar surface area (TPSA) is 54.5 Å². The second kappa shape index (κ2) is 5.66. The summed E-state index contributed by atoms with van der Waals surface area (Å²) in [5.41, 5.74) is 2.17. The number of aryl methyl sites for hydroxylation is 1. The Morgan fingerprint density at radius 2 is 1.52 bits per heavy atom. The minimum Gasteiger partial charge on any atom is -0.268 e. The number of sulfonamides is 1. The van der Waals surface area contributed by atoms with Gasteiger partial charge in [0.25, 0.3) is 15.9 Å². The average Bonchev–Trinajstić information content (AvgIpc) is 2.85. The Morgan fingerprint density at radius 3 is 2.13 bits per heavy atom. The highest BCUT2D eigenvalue weighted by atomic mass is 32.2. The molecule has 1 atom stereocenters. The van der Waals surface area contributed by atoms with E-state index in [4.69, 9.17) is 0 Å². The van der Waals surface area contributed by atoms with Crippen LogP contribution in [0.2, 0.25) is 0 Å². The highest BCUT2D eigenvalue weighted by molar-refractivity contribution is 7.89. The Morgan fingerprint density at radius 1 is 0.913 bits per heavy atom. The van der Waals surface area contributed by atoms with Crippen LogP contribution in [0.1, 0.15) is 24.1 Å². The monoisotopic (exact) mass is 327 g/mol. The average molecular weight is 327 g/mol. The predicted octanol–water partition coefficient (Wildman–Crippen LogP) is 3.21. The van der Waals surface area contributed by atoms with Gasteiger partial charge in [0.05, 0.1) is 10.9 Å². The Kier molecular flexibility index (Phi) is 3.82. The van der Waals surface area contributed by atoms with Crippen LogP contribution in [-0.4, -0.2) is 18.6 Å². The molecule has 4 nitrogen and oxygen atoms in total. The Balaban J connectivity index is 2.09. The number of carbonyl (C=O) groups excluding carboxylic acids is 1. The van der Waals surface area contributed by atoms with Gasteiger partial charge in [-0.25, -0.2) is 12.7 Å². The van der Waals surface area contributed by atoms with E-state index in [1.807, 2.05) is 37.3 Å². The van der Waals surface area contributed by atoms with Crippen molar-refractivity contribution in [2.45, 2.75) is 24.8 Å². The molecule has 0 fully saturated rings. The lowest BCUT2D eigenvalue weighted by atomic mass is 10.1. The van der Waals surface area contributed by atoms with Gasteiger partial charge in [0.15, 0.2) is 0 Å². The van der Waals surface area contributed by atoms with Crippen molar-refractivity contribution >= 4 is 15.9 Å². The van der Waals surface area contributed by atoms with Gasteiger partial charge in [0.2, 0.25) is 0 Å². The molecule has 1 aliphatic rings. The molecule has 0 aliphatic carbocycles. The van der Waals surface area contributed by atoms with Crippen molar-refractivity contribution in [1.82, 2.24) is 4.31 Å². The predicted molar refractivity (Wildman–Crippen MR) is 88.2 cm³/mol. The summed E-state index contributed by atoms with van der Waals surface area (Å²) in [5.74, 6) is -0.473. The molecule has 118 valence electrons. The third-order valence-electron chi connectivity index (χ3n) is 3.92. The molecule has 0 saturated carbocycles. The number of nitrogens with zero attached hydrogens (tertiary/aromatic N) is 1. The number of hydrogen-bond acceptors (Lipinski definition) is 3. The minimum absolute atomic E-state index is 0.125. The highest BCUT2D eigenvalue weighted by Gasteiger charge is 2.40. The molecule has 1 heterocycles. The van der Waals surface area contributed by atoms with E-state index in [0.29, 0.717) is 5.57 Å². The summed E-state index contributed by atoms with van der Waals surface area (Å²) in [6.07, 6.45) is 1.70. The molecule has 23 heavy (non-hydrogen) atoms. The van der Waals surface area contributed by atoms with Crippen LogP contribution >= 0.6 is 0 Å². The summed E-state index contributed by atoms with van der Waals surface area (Å²) >= 11 is 0. The fraction of sp³-hybridized carbons (Fsp3) is 0.167. The van der Waals surface area contributed by atoms with Crippen molar-refractivity contribution in [2.75, 3.05) is 0 Å². The zero-order valence-corrected chi connectivity index (χ0v) is 13.7. The van der Waals surface area contributed by atoms with Gasteiger partial charge >= 0.3 is 0 Å². The molecule has 0 spiro atoms. The van der Waals surface area contributed by atoms with Crippen LogP contribution in [0.3, 0.4) is 0 Å². The number of rotatable bonds is 3. The van der Waals surface area contributed by atoms with Crippen LogP contribution in [0.25, 0.3) is 0 Å². The maximum absolute atomic E-state index is 13.0. The molecule has 5 heteroatoms. The maximum Gasteiger partial charge on any atom is 0.267 e. The summed E-state index contributed by atoms with van der Waals surface area (Å²) in [7, 11) is -3.90. The van der Waals surface area contributed by atoms with Crippen LogP contribution < -0.4 is 0 Å². The van der Waals surface area contributed by atoms with Gasteiger partial charge < -0.3 is 0 Å². The van der Waals surface area contributed by atoms with Crippen LogP contribution in [-0.2, 0) is 14.8 Å².